The predicted molar refractivity (Wildman–Crippen MR) is 199 cm³/mol. The van der Waals surface area contributed by atoms with Crippen LogP contribution in [0.2, 0.25) is 0 Å². The second-order valence-corrected chi connectivity index (χ2v) is 12.2. The molecule has 234 valence electrons. The second kappa shape index (κ2) is 11.4. The van der Waals surface area contributed by atoms with Crippen LogP contribution in [0.1, 0.15) is 0 Å². The molecule has 6 nitrogen and oxygen atoms in total. The molecule has 0 radical (unpaired) electrons. The fraction of sp³-hybridized carbons (Fsp3) is 0. The molecule has 10 aromatic rings. The van der Waals surface area contributed by atoms with E-state index in [9.17, 15) is 0 Å². The van der Waals surface area contributed by atoms with Gasteiger partial charge >= 0.3 is 0 Å². The van der Waals surface area contributed by atoms with Crippen molar-refractivity contribution >= 4 is 44.0 Å². The maximum atomic E-state index is 6.70. The van der Waals surface area contributed by atoms with Gasteiger partial charge in [-0.05, 0) is 30.3 Å². The standard InChI is InChI=1S/C44H26N4O2/c1-4-14-27(15-5-1)34-26-35(28-16-6-2-7-17-28)46-43(45-34)32-22-13-25-37-38(32)31-21-12-23-33(41(31)50-37)44-47-39(29-18-8-3-9-19-29)42-40(48-44)30-20-10-11-24-36(30)49-42/h1-26H. The van der Waals surface area contributed by atoms with E-state index in [4.69, 9.17) is 28.8 Å². The second-order valence-electron chi connectivity index (χ2n) is 12.2. The van der Waals surface area contributed by atoms with E-state index in [0.717, 1.165) is 77.7 Å². The molecule has 0 atom stereocenters. The summed E-state index contributed by atoms with van der Waals surface area (Å²) < 4.78 is 13.0. The summed E-state index contributed by atoms with van der Waals surface area (Å²) in [4.78, 5) is 20.5. The third kappa shape index (κ3) is 4.58. The molecule has 6 heteroatoms. The first kappa shape index (κ1) is 28.1. The van der Waals surface area contributed by atoms with Gasteiger partial charge in [-0.25, -0.2) is 19.9 Å². The van der Waals surface area contributed by atoms with Crippen molar-refractivity contribution in [2.45, 2.75) is 0 Å². The third-order valence-electron chi connectivity index (χ3n) is 9.14. The molecule has 4 heterocycles. The van der Waals surface area contributed by atoms with Crippen LogP contribution in [-0.2, 0) is 0 Å². The topological polar surface area (TPSA) is 77.8 Å². The zero-order chi connectivity index (χ0) is 33.0. The van der Waals surface area contributed by atoms with Crippen LogP contribution in [-0.4, -0.2) is 19.9 Å². The van der Waals surface area contributed by atoms with Gasteiger partial charge in [0.25, 0.3) is 0 Å². The average molecular weight is 643 g/mol. The molecule has 0 fully saturated rings. The summed E-state index contributed by atoms with van der Waals surface area (Å²) in [6, 6.07) is 52.7. The number of benzene rings is 6. The highest BCUT2D eigenvalue weighted by Crippen LogP contribution is 2.42. The summed E-state index contributed by atoms with van der Waals surface area (Å²) in [5.41, 5.74) is 10.7. The van der Waals surface area contributed by atoms with Gasteiger partial charge in [-0.2, -0.15) is 0 Å². The van der Waals surface area contributed by atoms with Gasteiger partial charge in [0.1, 0.15) is 28.0 Å². The molecule has 0 bridgehead atoms. The highest BCUT2D eigenvalue weighted by atomic mass is 16.3. The fourth-order valence-corrected chi connectivity index (χ4v) is 6.79. The molecule has 0 unspecified atom stereocenters. The van der Waals surface area contributed by atoms with E-state index >= 15 is 0 Å². The van der Waals surface area contributed by atoms with Crippen molar-refractivity contribution in [1.82, 2.24) is 19.9 Å². The lowest BCUT2D eigenvalue weighted by atomic mass is 10.0. The van der Waals surface area contributed by atoms with Crippen molar-refractivity contribution in [1.29, 1.82) is 0 Å². The van der Waals surface area contributed by atoms with Crippen LogP contribution in [0, 0.1) is 0 Å². The molecule has 0 amide bonds. The van der Waals surface area contributed by atoms with E-state index in [0.29, 0.717) is 22.8 Å². The average Bonchev–Trinajstić information content (AvgIpc) is 3.77. The maximum Gasteiger partial charge on any atom is 0.180 e. The third-order valence-corrected chi connectivity index (χ3v) is 9.14. The number of aromatic nitrogens is 4. The van der Waals surface area contributed by atoms with Gasteiger partial charge in [-0.15, -0.1) is 0 Å². The van der Waals surface area contributed by atoms with Gasteiger partial charge in [0.05, 0.1) is 17.0 Å². The monoisotopic (exact) mass is 642 g/mol. The van der Waals surface area contributed by atoms with Gasteiger partial charge in [0, 0.05) is 38.4 Å². The van der Waals surface area contributed by atoms with Gasteiger partial charge in [0.2, 0.25) is 0 Å². The molecule has 4 aromatic heterocycles. The van der Waals surface area contributed by atoms with Crippen LogP contribution < -0.4 is 0 Å². The Balaban J connectivity index is 1.21. The van der Waals surface area contributed by atoms with Crippen LogP contribution in [0.4, 0.5) is 0 Å². The van der Waals surface area contributed by atoms with Gasteiger partial charge in [-0.3, -0.25) is 0 Å². The lowest BCUT2D eigenvalue weighted by molar-refractivity contribution is 0.666. The SMILES string of the molecule is c1ccc(-c2cc(-c3ccccc3)nc(-c3cccc4oc5c(-c6nc(-c7ccccc7)c7oc8ccccc8c7n6)cccc5c34)n2)cc1. The van der Waals surface area contributed by atoms with Crippen molar-refractivity contribution in [2.75, 3.05) is 0 Å². The summed E-state index contributed by atoms with van der Waals surface area (Å²) in [6.07, 6.45) is 0. The molecular weight excluding hydrogens is 617 g/mol. The molecule has 10 rings (SSSR count). The molecule has 0 aliphatic heterocycles. The van der Waals surface area contributed by atoms with Crippen molar-refractivity contribution in [3.8, 4) is 56.5 Å². The van der Waals surface area contributed by atoms with Crippen LogP contribution in [0.3, 0.4) is 0 Å². The summed E-state index contributed by atoms with van der Waals surface area (Å²) in [5, 5.41) is 2.81. The first-order valence-corrected chi connectivity index (χ1v) is 16.5. The highest BCUT2D eigenvalue weighted by molar-refractivity contribution is 6.15. The Kier molecular flexibility index (Phi) is 6.39. The Morgan fingerprint density at radius 3 is 1.64 bits per heavy atom. The number of hydrogen-bond acceptors (Lipinski definition) is 6. The van der Waals surface area contributed by atoms with E-state index in [1.54, 1.807) is 0 Å². The van der Waals surface area contributed by atoms with Gasteiger partial charge in [-0.1, -0.05) is 127 Å². The Morgan fingerprint density at radius 2 is 0.920 bits per heavy atom. The molecule has 0 spiro atoms. The normalized spacial score (nSPS) is 11.6. The zero-order valence-corrected chi connectivity index (χ0v) is 26.6. The first-order valence-electron chi connectivity index (χ1n) is 16.5. The number of fused-ring (bicyclic) bond motifs is 6. The number of furan rings is 2. The van der Waals surface area contributed by atoms with Crippen LogP contribution in [0.5, 0.6) is 0 Å². The van der Waals surface area contributed by atoms with E-state index in [2.05, 4.69) is 42.5 Å². The van der Waals surface area contributed by atoms with E-state index in [-0.39, 0.29) is 0 Å². The number of para-hydroxylation sites is 2. The number of nitrogens with zero attached hydrogens (tertiary/aromatic N) is 4. The smallest absolute Gasteiger partial charge is 0.180 e. The summed E-state index contributed by atoms with van der Waals surface area (Å²) in [5.74, 6) is 1.18. The molecule has 0 N–H and O–H groups in total. The van der Waals surface area contributed by atoms with Crippen LogP contribution in [0.15, 0.2) is 167 Å². The van der Waals surface area contributed by atoms with E-state index < -0.39 is 0 Å². The molecule has 50 heavy (non-hydrogen) atoms. The molecular formula is C44H26N4O2. The molecule has 0 aliphatic rings. The molecule has 0 aliphatic carbocycles. The van der Waals surface area contributed by atoms with Crippen molar-refractivity contribution < 1.29 is 8.83 Å². The minimum absolute atomic E-state index is 0.558. The molecule has 0 saturated carbocycles. The lowest BCUT2D eigenvalue weighted by Crippen LogP contribution is -1.96. The largest absolute Gasteiger partial charge is 0.455 e. The first-order chi connectivity index (χ1) is 24.8. The van der Waals surface area contributed by atoms with Crippen molar-refractivity contribution in [3.05, 3.63) is 158 Å². The molecule has 0 saturated heterocycles. The maximum absolute atomic E-state index is 6.70. The number of rotatable bonds is 5. The Hall–Kier alpha value is -6.92. The van der Waals surface area contributed by atoms with Gasteiger partial charge in [0.15, 0.2) is 17.2 Å². The van der Waals surface area contributed by atoms with Crippen LogP contribution >= 0.6 is 0 Å². The summed E-state index contributed by atoms with van der Waals surface area (Å²) in [6.45, 7) is 0. The quantitative estimate of drug-likeness (QED) is 0.186. The minimum atomic E-state index is 0.558. The van der Waals surface area contributed by atoms with E-state index in [1.165, 1.54) is 0 Å². The van der Waals surface area contributed by atoms with Gasteiger partial charge < -0.3 is 8.83 Å². The lowest BCUT2D eigenvalue weighted by Gasteiger charge is -2.10. The Morgan fingerprint density at radius 1 is 0.380 bits per heavy atom. The highest BCUT2D eigenvalue weighted by Gasteiger charge is 2.22. The van der Waals surface area contributed by atoms with Crippen molar-refractivity contribution in [2.24, 2.45) is 0 Å². The predicted octanol–water partition coefficient (Wildman–Crippen LogP) is 11.4. The summed E-state index contributed by atoms with van der Waals surface area (Å²) in [7, 11) is 0. The van der Waals surface area contributed by atoms with Crippen molar-refractivity contribution in [3.63, 3.8) is 0 Å². The molecule has 6 aromatic carbocycles. The zero-order valence-electron chi connectivity index (χ0n) is 26.6. The Labute approximate surface area is 286 Å². The Bertz CT molecular complexity index is 2800. The summed E-state index contributed by atoms with van der Waals surface area (Å²) >= 11 is 0. The fourth-order valence-electron chi connectivity index (χ4n) is 6.79. The van der Waals surface area contributed by atoms with E-state index in [1.807, 2.05) is 115 Å². The number of hydrogen-bond donors (Lipinski definition) is 0. The minimum Gasteiger partial charge on any atom is -0.455 e. The van der Waals surface area contributed by atoms with Crippen LogP contribution in [0.25, 0.3) is 101 Å².